The van der Waals surface area contributed by atoms with Crippen LogP contribution in [0.2, 0.25) is 0 Å². The van der Waals surface area contributed by atoms with Gasteiger partial charge < -0.3 is 9.64 Å². The topological polar surface area (TPSA) is 29.5 Å². The summed E-state index contributed by atoms with van der Waals surface area (Å²) >= 11 is 0. The summed E-state index contributed by atoms with van der Waals surface area (Å²) < 4.78 is 5.16. The van der Waals surface area contributed by atoms with Crippen molar-refractivity contribution in [2.75, 3.05) is 26.3 Å². The Labute approximate surface area is 73.7 Å². The van der Waals surface area contributed by atoms with Crippen LogP contribution in [0, 0.1) is 0 Å². The lowest BCUT2D eigenvalue weighted by Gasteiger charge is -2.26. The fraction of sp³-hybridized carbons (Fsp3) is 0.889. The second kappa shape index (κ2) is 5.14. The van der Waals surface area contributed by atoms with Crippen LogP contribution in [0.5, 0.6) is 0 Å². The van der Waals surface area contributed by atoms with Gasteiger partial charge in [0.2, 0.25) is 5.91 Å². The van der Waals surface area contributed by atoms with E-state index in [0.717, 1.165) is 25.9 Å². The summed E-state index contributed by atoms with van der Waals surface area (Å²) in [6.07, 6.45) is 2.81. The van der Waals surface area contributed by atoms with Gasteiger partial charge in [-0.25, -0.2) is 0 Å². The molecule has 0 aromatic rings. The molecule has 3 heteroatoms. The smallest absolute Gasteiger partial charge is 0.222 e. The molecule has 70 valence electrons. The monoisotopic (exact) mass is 171 g/mol. The van der Waals surface area contributed by atoms with Crippen molar-refractivity contribution in [2.45, 2.75) is 26.2 Å². The number of carbonyl (C=O) groups excluding carboxylic acids is 1. The van der Waals surface area contributed by atoms with Crippen molar-refractivity contribution in [2.24, 2.45) is 0 Å². The number of hydrogen-bond acceptors (Lipinski definition) is 2. The van der Waals surface area contributed by atoms with E-state index in [9.17, 15) is 4.79 Å². The minimum absolute atomic E-state index is 0.292. The molecule has 1 amide bonds. The van der Waals surface area contributed by atoms with E-state index in [-0.39, 0.29) is 0 Å². The van der Waals surface area contributed by atoms with Crippen LogP contribution in [0.4, 0.5) is 0 Å². The van der Waals surface area contributed by atoms with E-state index < -0.39 is 0 Å². The van der Waals surface area contributed by atoms with Crippen LogP contribution in [0.1, 0.15) is 26.2 Å². The van der Waals surface area contributed by atoms with Crippen LogP contribution in [0.3, 0.4) is 0 Å². The summed E-state index contributed by atoms with van der Waals surface area (Å²) in [5.41, 5.74) is 0. The van der Waals surface area contributed by atoms with Gasteiger partial charge in [0.05, 0.1) is 13.2 Å². The van der Waals surface area contributed by atoms with Crippen LogP contribution in [0.15, 0.2) is 0 Å². The minimum Gasteiger partial charge on any atom is -0.378 e. The predicted octanol–water partition coefficient (Wildman–Crippen LogP) is 1.04. The van der Waals surface area contributed by atoms with Gasteiger partial charge in [-0.3, -0.25) is 4.79 Å². The molecule has 0 spiro atoms. The third-order valence-corrected chi connectivity index (χ3v) is 2.11. The Morgan fingerprint density at radius 3 is 2.67 bits per heavy atom. The summed E-state index contributed by atoms with van der Waals surface area (Å²) in [6, 6.07) is 0. The van der Waals surface area contributed by atoms with Gasteiger partial charge in [0.25, 0.3) is 0 Å². The Morgan fingerprint density at radius 1 is 1.42 bits per heavy atom. The SMILES string of the molecule is CCCCC(=O)N1CCOCC1. The van der Waals surface area contributed by atoms with Crippen molar-refractivity contribution in [3.63, 3.8) is 0 Å². The fourth-order valence-corrected chi connectivity index (χ4v) is 1.30. The number of morpholine rings is 1. The third-order valence-electron chi connectivity index (χ3n) is 2.11. The van der Waals surface area contributed by atoms with Gasteiger partial charge >= 0.3 is 0 Å². The Kier molecular flexibility index (Phi) is 4.08. The molecular formula is C9H17NO2. The number of unbranched alkanes of at least 4 members (excludes halogenated alkanes) is 1. The quantitative estimate of drug-likeness (QED) is 0.635. The van der Waals surface area contributed by atoms with Gasteiger partial charge in [-0.05, 0) is 6.42 Å². The first-order valence-electron chi connectivity index (χ1n) is 4.70. The fourth-order valence-electron chi connectivity index (χ4n) is 1.30. The molecule has 1 fully saturated rings. The first-order chi connectivity index (χ1) is 5.84. The van der Waals surface area contributed by atoms with Crippen molar-refractivity contribution < 1.29 is 9.53 Å². The van der Waals surface area contributed by atoms with E-state index in [1.807, 2.05) is 4.90 Å². The molecule has 0 radical (unpaired) electrons. The Hall–Kier alpha value is -0.570. The molecule has 1 rings (SSSR count). The molecule has 0 atom stereocenters. The number of hydrogen-bond donors (Lipinski definition) is 0. The van der Waals surface area contributed by atoms with Gasteiger partial charge in [0.1, 0.15) is 0 Å². The molecule has 0 bridgehead atoms. The highest BCUT2D eigenvalue weighted by atomic mass is 16.5. The largest absolute Gasteiger partial charge is 0.378 e. The molecule has 12 heavy (non-hydrogen) atoms. The lowest BCUT2D eigenvalue weighted by Crippen LogP contribution is -2.40. The molecule has 0 aromatic heterocycles. The summed E-state index contributed by atoms with van der Waals surface area (Å²) in [7, 11) is 0. The zero-order valence-corrected chi connectivity index (χ0v) is 7.71. The maximum atomic E-state index is 11.4. The number of amides is 1. The van der Waals surface area contributed by atoms with E-state index in [1.54, 1.807) is 0 Å². The van der Waals surface area contributed by atoms with Crippen molar-refractivity contribution in [1.29, 1.82) is 0 Å². The lowest BCUT2D eigenvalue weighted by atomic mass is 10.2. The highest BCUT2D eigenvalue weighted by molar-refractivity contribution is 5.76. The van der Waals surface area contributed by atoms with Crippen LogP contribution >= 0.6 is 0 Å². The summed E-state index contributed by atoms with van der Waals surface area (Å²) in [5.74, 6) is 0.292. The number of nitrogens with zero attached hydrogens (tertiary/aromatic N) is 1. The van der Waals surface area contributed by atoms with Crippen LogP contribution in [-0.4, -0.2) is 37.1 Å². The molecule has 1 aliphatic rings. The normalized spacial score (nSPS) is 17.9. The van der Waals surface area contributed by atoms with Crippen LogP contribution < -0.4 is 0 Å². The third kappa shape index (κ3) is 2.81. The molecule has 0 saturated carbocycles. The van der Waals surface area contributed by atoms with Gasteiger partial charge in [-0.1, -0.05) is 13.3 Å². The van der Waals surface area contributed by atoms with Crippen LogP contribution in [-0.2, 0) is 9.53 Å². The highest BCUT2D eigenvalue weighted by Gasteiger charge is 2.15. The molecule has 1 heterocycles. The molecule has 1 saturated heterocycles. The summed E-state index contributed by atoms with van der Waals surface area (Å²) in [4.78, 5) is 13.3. The van der Waals surface area contributed by atoms with Gasteiger partial charge in [0, 0.05) is 19.5 Å². The maximum Gasteiger partial charge on any atom is 0.222 e. The molecule has 1 aliphatic heterocycles. The first kappa shape index (κ1) is 9.52. The predicted molar refractivity (Wildman–Crippen MR) is 46.9 cm³/mol. The zero-order valence-electron chi connectivity index (χ0n) is 7.71. The Morgan fingerprint density at radius 2 is 2.08 bits per heavy atom. The maximum absolute atomic E-state index is 11.4. The molecule has 0 unspecified atom stereocenters. The van der Waals surface area contributed by atoms with E-state index in [2.05, 4.69) is 6.92 Å². The lowest BCUT2D eigenvalue weighted by molar-refractivity contribution is -0.135. The highest BCUT2D eigenvalue weighted by Crippen LogP contribution is 2.03. The summed E-state index contributed by atoms with van der Waals surface area (Å²) in [6.45, 7) is 5.08. The number of carbonyl (C=O) groups is 1. The van der Waals surface area contributed by atoms with Gasteiger partial charge in [-0.2, -0.15) is 0 Å². The van der Waals surface area contributed by atoms with Crippen molar-refractivity contribution in [1.82, 2.24) is 4.90 Å². The van der Waals surface area contributed by atoms with E-state index in [4.69, 9.17) is 4.74 Å². The minimum atomic E-state index is 0.292. The first-order valence-corrected chi connectivity index (χ1v) is 4.70. The van der Waals surface area contributed by atoms with Crippen molar-refractivity contribution in [3.05, 3.63) is 0 Å². The molecule has 0 N–H and O–H groups in total. The average molecular weight is 171 g/mol. The number of rotatable bonds is 3. The zero-order chi connectivity index (χ0) is 8.81. The van der Waals surface area contributed by atoms with Gasteiger partial charge in [-0.15, -0.1) is 0 Å². The molecular weight excluding hydrogens is 154 g/mol. The Balaban J connectivity index is 2.20. The molecule has 0 aromatic carbocycles. The standard InChI is InChI=1S/C9H17NO2/c1-2-3-4-9(11)10-5-7-12-8-6-10/h2-8H2,1H3. The second-order valence-corrected chi connectivity index (χ2v) is 3.10. The Bertz CT molecular complexity index is 141. The van der Waals surface area contributed by atoms with E-state index >= 15 is 0 Å². The van der Waals surface area contributed by atoms with E-state index in [1.165, 1.54) is 0 Å². The summed E-state index contributed by atoms with van der Waals surface area (Å²) in [5, 5.41) is 0. The van der Waals surface area contributed by atoms with Crippen molar-refractivity contribution >= 4 is 5.91 Å². The van der Waals surface area contributed by atoms with Gasteiger partial charge in [0.15, 0.2) is 0 Å². The van der Waals surface area contributed by atoms with Crippen LogP contribution in [0.25, 0.3) is 0 Å². The second-order valence-electron chi connectivity index (χ2n) is 3.10. The average Bonchev–Trinajstić information content (AvgIpc) is 2.15. The van der Waals surface area contributed by atoms with Crippen molar-refractivity contribution in [3.8, 4) is 0 Å². The molecule has 3 nitrogen and oxygen atoms in total. The number of ether oxygens (including phenoxy) is 1. The molecule has 0 aliphatic carbocycles. The van der Waals surface area contributed by atoms with E-state index in [0.29, 0.717) is 25.5 Å².